The quantitative estimate of drug-likeness (QED) is 0.291. The average molecular weight is 189 g/mol. The van der Waals surface area contributed by atoms with Crippen LogP contribution in [0.3, 0.4) is 0 Å². The Morgan fingerprint density at radius 2 is 2.00 bits per heavy atom. The summed E-state index contributed by atoms with van der Waals surface area (Å²) in [6.45, 7) is 2.21. The molecular formula is C8H19N3O2. The molecule has 0 saturated heterocycles. The first-order chi connectivity index (χ1) is 6.07. The molecule has 0 aromatic carbocycles. The van der Waals surface area contributed by atoms with Gasteiger partial charge in [0.25, 0.3) is 0 Å². The summed E-state index contributed by atoms with van der Waals surface area (Å²) in [6.07, 6.45) is 1.72. The third-order valence-electron chi connectivity index (χ3n) is 1.57. The van der Waals surface area contributed by atoms with Crippen LogP contribution in [0.5, 0.6) is 0 Å². The monoisotopic (exact) mass is 189 g/mol. The van der Waals surface area contributed by atoms with Crippen LogP contribution >= 0.6 is 0 Å². The van der Waals surface area contributed by atoms with E-state index in [1.807, 2.05) is 0 Å². The fourth-order valence-corrected chi connectivity index (χ4v) is 0.897. The SMILES string of the molecule is CC(N)OC(=O)[C@@H](N)CCCCN. The average Bonchev–Trinajstić information content (AvgIpc) is 2.03. The molecule has 6 N–H and O–H groups in total. The van der Waals surface area contributed by atoms with Crippen LogP contribution in [-0.4, -0.2) is 24.8 Å². The fraction of sp³-hybridized carbons (Fsp3) is 0.875. The number of carbonyl (C=O) groups excluding carboxylic acids is 1. The lowest BCUT2D eigenvalue weighted by molar-refractivity contribution is -0.149. The van der Waals surface area contributed by atoms with Gasteiger partial charge in [-0.25, -0.2) is 0 Å². The standard InChI is InChI=1S/C8H19N3O2/c1-6(10)13-8(12)7(11)4-2-3-5-9/h6-7H,2-5,9-11H2,1H3/t6?,7-/m0/s1. The highest BCUT2D eigenvalue weighted by atomic mass is 16.6. The lowest BCUT2D eigenvalue weighted by Gasteiger charge is -2.13. The second kappa shape index (κ2) is 6.82. The van der Waals surface area contributed by atoms with Crippen LogP contribution in [-0.2, 0) is 9.53 Å². The molecule has 0 spiro atoms. The molecule has 0 aliphatic rings. The molecule has 0 fully saturated rings. The van der Waals surface area contributed by atoms with Crippen molar-refractivity contribution < 1.29 is 9.53 Å². The van der Waals surface area contributed by atoms with Crippen molar-refractivity contribution in [3.63, 3.8) is 0 Å². The first-order valence-electron chi connectivity index (χ1n) is 4.49. The summed E-state index contributed by atoms with van der Waals surface area (Å²) in [7, 11) is 0. The van der Waals surface area contributed by atoms with Crippen LogP contribution < -0.4 is 17.2 Å². The first kappa shape index (κ1) is 12.3. The lowest BCUT2D eigenvalue weighted by atomic mass is 10.1. The molecule has 0 aromatic rings. The number of esters is 1. The molecule has 0 aromatic heterocycles. The molecule has 0 rings (SSSR count). The van der Waals surface area contributed by atoms with E-state index in [1.54, 1.807) is 6.92 Å². The van der Waals surface area contributed by atoms with Crippen molar-refractivity contribution in [1.29, 1.82) is 0 Å². The van der Waals surface area contributed by atoms with E-state index in [0.29, 0.717) is 13.0 Å². The van der Waals surface area contributed by atoms with Gasteiger partial charge in [0.05, 0.1) is 0 Å². The highest BCUT2D eigenvalue weighted by molar-refractivity contribution is 5.75. The number of hydrogen-bond donors (Lipinski definition) is 3. The number of unbranched alkanes of at least 4 members (excludes halogenated alkanes) is 1. The van der Waals surface area contributed by atoms with E-state index < -0.39 is 18.2 Å². The maximum Gasteiger partial charge on any atom is 0.324 e. The molecule has 78 valence electrons. The summed E-state index contributed by atoms with van der Waals surface area (Å²) in [5, 5.41) is 0. The van der Waals surface area contributed by atoms with Crippen LogP contribution in [0.1, 0.15) is 26.2 Å². The molecule has 0 radical (unpaired) electrons. The van der Waals surface area contributed by atoms with E-state index in [1.165, 1.54) is 0 Å². The Morgan fingerprint density at radius 3 is 2.46 bits per heavy atom. The zero-order valence-corrected chi connectivity index (χ0v) is 8.03. The molecule has 1 unspecified atom stereocenters. The molecular weight excluding hydrogens is 170 g/mol. The Bertz CT molecular complexity index is 150. The Labute approximate surface area is 78.6 Å². The van der Waals surface area contributed by atoms with Gasteiger partial charge in [-0.2, -0.15) is 0 Å². The van der Waals surface area contributed by atoms with Crippen molar-refractivity contribution in [1.82, 2.24) is 0 Å². The topological polar surface area (TPSA) is 104 Å². The van der Waals surface area contributed by atoms with Gasteiger partial charge < -0.3 is 16.2 Å². The van der Waals surface area contributed by atoms with E-state index in [2.05, 4.69) is 0 Å². The second-order valence-electron chi connectivity index (χ2n) is 3.03. The van der Waals surface area contributed by atoms with Gasteiger partial charge in [-0.1, -0.05) is 6.42 Å². The lowest BCUT2D eigenvalue weighted by Crippen LogP contribution is -2.36. The molecule has 0 bridgehead atoms. The van der Waals surface area contributed by atoms with Gasteiger partial charge in [-0.05, 0) is 26.3 Å². The van der Waals surface area contributed by atoms with Crippen LogP contribution in [0, 0.1) is 0 Å². The molecule has 0 amide bonds. The minimum absolute atomic E-state index is 0.438. The fourth-order valence-electron chi connectivity index (χ4n) is 0.897. The molecule has 2 atom stereocenters. The maximum absolute atomic E-state index is 11.1. The number of ether oxygens (including phenoxy) is 1. The summed E-state index contributed by atoms with van der Waals surface area (Å²) >= 11 is 0. The van der Waals surface area contributed by atoms with E-state index in [4.69, 9.17) is 21.9 Å². The Hall–Kier alpha value is -0.650. The molecule has 0 aliphatic heterocycles. The number of nitrogens with two attached hydrogens (primary N) is 3. The number of carbonyl (C=O) groups is 1. The molecule has 0 aliphatic carbocycles. The Morgan fingerprint density at radius 1 is 1.38 bits per heavy atom. The third kappa shape index (κ3) is 6.51. The van der Waals surface area contributed by atoms with Crippen molar-refractivity contribution in [3.8, 4) is 0 Å². The zero-order valence-electron chi connectivity index (χ0n) is 8.03. The zero-order chi connectivity index (χ0) is 10.3. The van der Waals surface area contributed by atoms with Crippen molar-refractivity contribution in [2.24, 2.45) is 17.2 Å². The van der Waals surface area contributed by atoms with Gasteiger partial charge in [0.15, 0.2) is 0 Å². The van der Waals surface area contributed by atoms with Gasteiger partial charge in [-0.15, -0.1) is 0 Å². The molecule has 13 heavy (non-hydrogen) atoms. The predicted molar refractivity (Wildman–Crippen MR) is 50.6 cm³/mol. The van der Waals surface area contributed by atoms with E-state index in [0.717, 1.165) is 12.8 Å². The molecule has 5 nitrogen and oxygen atoms in total. The first-order valence-corrected chi connectivity index (χ1v) is 4.49. The van der Waals surface area contributed by atoms with Gasteiger partial charge in [0.1, 0.15) is 12.3 Å². The minimum atomic E-state index is -0.590. The summed E-state index contributed by atoms with van der Waals surface area (Å²) in [5.41, 5.74) is 16.1. The molecule has 0 saturated carbocycles. The third-order valence-corrected chi connectivity index (χ3v) is 1.57. The van der Waals surface area contributed by atoms with Gasteiger partial charge >= 0.3 is 5.97 Å². The van der Waals surface area contributed by atoms with E-state index in [-0.39, 0.29) is 0 Å². The van der Waals surface area contributed by atoms with Crippen LogP contribution in [0.15, 0.2) is 0 Å². The smallest absolute Gasteiger partial charge is 0.324 e. The summed E-state index contributed by atoms with van der Waals surface area (Å²) < 4.78 is 4.73. The van der Waals surface area contributed by atoms with E-state index >= 15 is 0 Å². The van der Waals surface area contributed by atoms with Crippen LogP contribution in [0.2, 0.25) is 0 Å². The van der Waals surface area contributed by atoms with Crippen LogP contribution in [0.25, 0.3) is 0 Å². The predicted octanol–water partition coefficient (Wildman–Crippen LogP) is -0.709. The largest absolute Gasteiger partial charge is 0.446 e. The summed E-state index contributed by atoms with van der Waals surface area (Å²) in [6, 6.07) is -0.572. The maximum atomic E-state index is 11.1. The highest BCUT2D eigenvalue weighted by Gasteiger charge is 2.15. The van der Waals surface area contributed by atoms with Crippen molar-refractivity contribution in [2.45, 2.75) is 38.5 Å². The molecule has 0 heterocycles. The van der Waals surface area contributed by atoms with Crippen molar-refractivity contribution >= 4 is 5.97 Å². The Kier molecular flexibility index (Phi) is 6.48. The Balaban J connectivity index is 3.57. The second-order valence-corrected chi connectivity index (χ2v) is 3.03. The normalized spacial score (nSPS) is 15.1. The molecule has 5 heteroatoms. The van der Waals surface area contributed by atoms with Gasteiger partial charge in [0, 0.05) is 0 Å². The summed E-state index contributed by atoms with van der Waals surface area (Å²) in [4.78, 5) is 11.1. The summed E-state index contributed by atoms with van der Waals surface area (Å²) in [5.74, 6) is -0.438. The highest BCUT2D eigenvalue weighted by Crippen LogP contribution is 2.00. The number of hydrogen-bond acceptors (Lipinski definition) is 5. The van der Waals surface area contributed by atoms with E-state index in [9.17, 15) is 4.79 Å². The van der Waals surface area contributed by atoms with Crippen molar-refractivity contribution in [2.75, 3.05) is 6.54 Å². The van der Waals surface area contributed by atoms with Crippen molar-refractivity contribution in [3.05, 3.63) is 0 Å². The number of rotatable bonds is 6. The van der Waals surface area contributed by atoms with Crippen LogP contribution in [0.4, 0.5) is 0 Å². The minimum Gasteiger partial charge on any atom is -0.446 e. The van der Waals surface area contributed by atoms with Gasteiger partial charge in [0.2, 0.25) is 0 Å². The van der Waals surface area contributed by atoms with Gasteiger partial charge in [-0.3, -0.25) is 10.5 Å².